The van der Waals surface area contributed by atoms with Crippen LogP contribution >= 0.6 is 0 Å². The van der Waals surface area contributed by atoms with Gasteiger partial charge in [0.15, 0.2) is 0 Å². The largest absolute Gasteiger partial charge is 0.465 e. The van der Waals surface area contributed by atoms with Gasteiger partial charge in [-0.25, -0.2) is 31.4 Å². The minimum atomic E-state index is -3.64. The first-order valence-corrected chi connectivity index (χ1v) is 18.6. The average Bonchev–Trinajstić information content (AvgIpc) is 3.70. The van der Waals surface area contributed by atoms with E-state index in [4.69, 9.17) is 4.74 Å². The number of benzene rings is 4. The van der Waals surface area contributed by atoms with E-state index in [0.717, 1.165) is 16.5 Å². The highest BCUT2D eigenvalue weighted by Crippen LogP contribution is 2.23. The smallest absolute Gasteiger partial charge is 0.337 e. The fraction of sp³-hybridized carbons (Fsp3) is 0.162. The van der Waals surface area contributed by atoms with Crippen LogP contribution in [0.4, 0.5) is 11.4 Å². The van der Waals surface area contributed by atoms with Gasteiger partial charge in [-0.1, -0.05) is 67.2 Å². The molecule has 14 heteroatoms. The quantitative estimate of drug-likeness (QED) is 0.132. The minimum Gasteiger partial charge on any atom is -0.465 e. The van der Waals surface area contributed by atoms with E-state index in [1.807, 2.05) is 12.1 Å². The van der Waals surface area contributed by atoms with Gasteiger partial charge in [0.2, 0.25) is 10.0 Å². The summed E-state index contributed by atoms with van der Waals surface area (Å²) in [6.45, 7) is 3.99. The van der Waals surface area contributed by atoms with Crippen molar-refractivity contribution in [1.82, 2.24) is 9.55 Å². The van der Waals surface area contributed by atoms with Crippen LogP contribution in [0.1, 0.15) is 31.8 Å². The predicted octanol–water partition coefficient (Wildman–Crippen LogP) is 5.66. The van der Waals surface area contributed by atoms with Gasteiger partial charge in [-0.15, -0.1) is 0 Å². The van der Waals surface area contributed by atoms with Gasteiger partial charge in [-0.2, -0.15) is 0 Å². The molecule has 0 atom stereocenters. The Morgan fingerprint density at radius 2 is 1.16 bits per heavy atom. The van der Waals surface area contributed by atoms with Gasteiger partial charge in [0, 0.05) is 24.3 Å². The number of hydrogen-bond donors (Lipinski definition) is 0. The second-order valence-corrected chi connectivity index (χ2v) is 14.7. The monoisotopic (exact) mass is 730 g/mol. The van der Waals surface area contributed by atoms with Gasteiger partial charge in [0.25, 0.3) is 10.0 Å². The number of rotatable bonds is 14. The van der Waals surface area contributed by atoms with E-state index in [9.17, 15) is 26.4 Å². The molecule has 0 radical (unpaired) electrons. The number of aryl methyl sites for hydroxylation is 1. The van der Waals surface area contributed by atoms with Gasteiger partial charge >= 0.3 is 11.9 Å². The molecule has 0 amide bonds. The Kier molecular flexibility index (Phi) is 13.3. The Morgan fingerprint density at radius 3 is 1.57 bits per heavy atom. The average molecular weight is 731 g/mol. The van der Waals surface area contributed by atoms with Crippen LogP contribution in [0.25, 0.3) is 0 Å². The first kappa shape index (κ1) is 38.1. The van der Waals surface area contributed by atoms with Gasteiger partial charge < -0.3 is 14.0 Å². The molecule has 0 saturated heterocycles. The molecule has 5 rings (SSSR count). The predicted molar refractivity (Wildman–Crippen MR) is 196 cm³/mol. The lowest BCUT2D eigenvalue weighted by atomic mass is 10.1. The van der Waals surface area contributed by atoms with Gasteiger partial charge in [0.1, 0.15) is 0 Å². The van der Waals surface area contributed by atoms with E-state index in [-0.39, 0.29) is 18.8 Å². The molecular weight excluding hydrogens is 693 g/mol. The molecule has 5 aromatic rings. The fourth-order valence-electron chi connectivity index (χ4n) is 4.77. The third-order valence-electron chi connectivity index (χ3n) is 7.51. The summed E-state index contributed by atoms with van der Waals surface area (Å²) >= 11 is 0. The van der Waals surface area contributed by atoms with Crippen molar-refractivity contribution < 1.29 is 35.9 Å². The lowest BCUT2D eigenvalue weighted by Crippen LogP contribution is -2.33. The zero-order chi connectivity index (χ0) is 36.9. The SMILES string of the molecule is C=CS(=O)(=O)N(Cc1ccc(C(=O)OC)cc1)c1ccccc1.COC(=O)c1ccc(CN(c2ccccc2)S(=O)(=O)CCn2ccnc2)cc1. The zero-order valence-corrected chi connectivity index (χ0v) is 29.7. The van der Waals surface area contributed by atoms with Gasteiger partial charge in [-0.3, -0.25) is 8.61 Å². The number of esters is 2. The lowest BCUT2D eigenvalue weighted by molar-refractivity contribution is 0.0592. The maximum absolute atomic E-state index is 13.1. The normalized spacial score (nSPS) is 11.0. The molecule has 0 aliphatic heterocycles. The molecule has 0 fully saturated rings. The van der Waals surface area contributed by atoms with Crippen LogP contribution in [-0.2, 0) is 49.2 Å². The first-order valence-electron chi connectivity index (χ1n) is 15.5. The molecule has 266 valence electrons. The van der Waals surface area contributed by atoms with E-state index in [2.05, 4.69) is 16.3 Å². The second-order valence-electron chi connectivity index (χ2n) is 10.9. The van der Waals surface area contributed by atoms with E-state index in [1.165, 1.54) is 22.8 Å². The summed E-state index contributed by atoms with van der Waals surface area (Å²) < 4.78 is 64.4. The summed E-state index contributed by atoms with van der Waals surface area (Å²) in [7, 11) is -4.60. The number of ether oxygens (including phenoxy) is 2. The molecule has 51 heavy (non-hydrogen) atoms. The number of para-hydroxylation sites is 2. The third kappa shape index (κ3) is 10.6. The molecule has 0 aliphatic rings. The molecular formula is C37H38N4O8S2. The van der Waals surface area contributed by atoms with Crippen LogP contribution in [-0.4, -0.2) is 58.3 Å². The van der Waals surface area contributed by atoms with Crippen LogP contribution in [0.3, 0.4) is 0 Å². The first-order chi connectivity index (χ1) is 24.5. The van der Waals surface area contributed by atoms with Crippen molar-refractivity contribution in [3.05, 3.63) is 162 Å². The molecule has 0 aliphatic carbocycles. The molecule has 0 unspecified atom stereocenters. The van der Waals surface area contributed by atoms with Crippen LogP contribution in [0.2, 0.25) is 0 Å². The molecule has 0 saturated carbocycles. The van der Waals surface area contributed by atoms with Crippen LogP contribution < -0.4 is 8.61 Å². The summed E-state index contributed by atoms with van der Waals surface area (Å²) in [6, 6.07) is 31.0. The van der Waals surface area contributed by atoms with E-state index < -0.39 is 32.0 Å². The zero-order valence-electron chi connectivity index (χ0n) is 28.1. The summed E-state index contributed by atoms with van der Waals surface area (Å²) in [4.78, 5) is 27.0. The van der Waals surface area contributed by atoms with E-state index >= 15 is 0 Å². The van der Waals surface area contributed by atoms with Crippen LogP contribution in [0.5, 0.6) is 0 Å². The number of aromatic nitrogens is 2. The number of carbonyl (C=O) groups is 2. The fourth-order valence-corrected chi connectivity index (χ4v) is 7.14. The number of anilines is 2. The molecule has 12 nitrogen and oxygen atoms in total. The van der Waals surface area contributed by atoms with Crippen molar-refractivity contribution in [1.29, 1.82) is 0 Å². The Morgan fingerprint density at radius 1 is 0.706 bits per heavy atom. The molecule has 4 aromatic carbocycles. The number of imidazole rings is 1. The Balaban J connectivity index is 0.000000233. The minimum absolute atomic E-state index is 0.0570. The molecule has 0 bridgehead atoms. The highest BCUT2D eigenvalue weighted by molar-refractivity contribution is 7.95. The number of sulfonamides is 2. The molecule has 1 heterocycles. The van der Waals surface area contributed by atoms with Crippen molar-refractivity contribution in [2.75, 3.05) is 28.6 Å². The number of hydrogen-bond acceptors (Lipinski definition) is 9. The van der Waals surface area contributed by atoms with Gasteiger partial charge in [0.05, 0.1) is 61.9 Å². The maximum atomic E-state index is 13.1. The standard InChI is InChI=1S/C20H21N3O4S.C17H17NO4S/c1-27-20(24)18-9-7-17(8-10-18)15-23(19-5-3-2-4-6-19)28(25,26)14-13-22-12-11-21-16-22;1-3-23(20,21)18(16-7-5-4-6-8-16)13-14-9-11-15(12-10-14)17(19)22-2/h2-12,16H,13-15H2,1H3;3-12H,1,13H2,2H3. The molecule has 1 aromatic heterocycles. The molecule has 0 N–H and O–H groups in total. The van der Waals surface area contributed by atoms with Crippen molar-refractivity contribution in [3.8, 4) is 0 Å². The third-order valence-corrected chi connectivity index (χ3v) is 10.6. The van der Waals surface area contributed by atoms with E-state index in [1.54, 1.807) is 120 Å². The Hall–Kier alpha value is -5.73. The summed E-state index contributed by atoms with van der Waals surface area (Å²) in [5.41, 5.74) is 3.47. The van der Waals surface area contributed by atoms with Crippen molar-refractivity contribution in [2.24, 2.45) is 0 Å². The topological polar surface area (TPSA) is 145 Å². The van der Waals surface area contributed by atoms with Crippen LogP contribution in [0, 0.1) is 0 Å². The summed E-state index contributed by atoms with van der Waals surface area (Å²) in [5, 5.41) is 0.919. The van der Waals surface area contributed by atoms with Crippen molar-refractivity contribution >= 4 is 43.4 Å². The number of carbonyl (C=O) groups excluding carboxylic acids is 2. The number of methoxy groups -OCH3 is 2. The second kappa shape index (κ2) is 17.8. The summed E-state index contributed by atoms with van der Waals surface area (Å²) in [6.07, 6.45) is 4.94. The van der Waals surface area contributed by atoms with E-state index in [0.29, 0.717) is 29.0 Å². The molecule has 0 spiro atoms. The van der Waals surface area contributed by atoms with Crippen molar-refractivity contribution in [3.63, 3.8) is 0 Å². The lowest BCUT2D eigenvalue weighted by Gasteiger charge is -2.25. The highest BCUT2D eigenvalue weighted by Gasteiger charge is 2.23. The van der Waals surface area contributed by atoms with Crippen molar-refractivity contribution in [2.45, 2.75) is 19.6 Å². The Bertz CT molecular complexity index is 2090. The highest BCUT2D eigenvalue weighted by atomic mass is 32.2. The van der Waals surface area contributed by atoms with Crippen LogP contribution in [0.15, 0.2) is 140 Å². The van der Waals surface area contributed by atoms with Gasteiger partial charge in [-0.05, 0) is 59.7 Å². The number of nitrogens with zero attached hydrogens (tertiary/aromatic N) is 4. The maximum Gasteiger partial charge on any atom is 0.337 e. The Labute approximate surface area is 298 Å². The summed E-state index contributed by atoms with van der Waals surface area (Å²) in [5.74, 6) is -0.923.